The Balaban J connectivity index is 1.97. The molecule has 1 unspecified atom stereocenters. The Labute approximate surface area is 124 Å². The zero-order valence-corrected chi connectivity index (χ0v) is 12.3. The highest BCUT2D eigenvalue weighted by Crippen LogP contribution is 2.18. The van der Waals surface area contributed by atoms with Crippen molar-refractivity contribution in [2.75, 3.05) is 25.5 Å². The third kappa shape index (κ3) is 3.95. The molecular formula is C15H22N4O2. The lowest BCUT2D eigenvalue weighted by Crippen LogP contribution is -2.46. The number of urea groups is 1. The third-order valence-corrected chi connectivity index (χ3v) is 3.74. The normalized spacial score (nSPS) is 18.2. The zero-order chi connectivity index (χ0) is 15.2. The number of anilines is 1. The lowest BCUT2D eigenvalue weighted by molar-refractivity contribution is -0.125. The van der Waals surface area contributed by atoms with Crippen molar-refractivity contribution in [1.29, 1.82) is 0 Å². The summed E-state index contributed by atoms with van der Waals surface area (Å²) in [6, 6.07) is 7.30. The Kier molecular flexibility index (Phi) is 5.16. The average Bonchev–Trinajstić information content (AvgIpc) is 2.54. The SMILES string of the molecule is CNC(=O)C1CCCN(C(=O)Nc2cccc(CN)c2)C1. The van der Waals surface area contributed by atoms with Crippen LogP contribution >= 0.6 is 0 Å². The first kappa shape index (κ1) is 15.3. The number of nitrogens with one attached hydrogen (secondary N) is 2. The van der Waals surface area contributed by atoms with Gasteiger partial charge in [0.1, 0.15) is 0 Å². The molecule has 1 aromatic rings. The molecule has 114 valence electrons. The molecule has 1 aliphatic heterocycles. The third-order valence-electron chi connectivity index (χ3n) is 3.74. The molecule has 0 spiro atoms. The monoisotopic (exact) mass is 290 g/mol. The van der Waals surface area contributed by atoms with Crippen LogP contribution in [0.25, 0.3) is 0 Å². The van der Waals surface area contributed by atoms with Gasteiger partial charge >= 0.3 is 6.03 Å². The Morgan fingerprint density at radius 2 is 2.24 bits per heavy atom. The summed E-state index contributed by atoms with van der Waals surface area (Å²) in [7, 11) is 1.62. The Hall–Kier alpha value is -2.08. The van der Waals surface area contributed by atoms with E-state index in [1.165, 1.54) is 0 Å². The summed E-state index contributed by atoms with van der Waals surface area (Å²) in [5, 5.41) is 5.51. The van der Waals surface area contributed by atoms with Crippen LogP contribution in [0, 0.1) is 5.92 Å². The second kappa shape index (κ2) is 7.08. The van der Waals surface area contributed by atoms with Crippen molar-refractivity contribution >= 4 is 17.6 Å². The summed E-state index contributed by atoms with van der Waals surface area (Å²) >= 11 is 0. The minimum atomic E-state index is -0.169. The van der Waals surface area contributed by atoms with Gasteiger partial charge in [0.05, 0.1) is 5.92 Å². The van der Waals surface area contributed by atoms with Crippen molar-refractivity contribution in [3.63, 3.8) is 0 Å². The minimum absolute atomic E-state index is 0.00220. The lowest BCUT2D eigenvalue weighted by Gasteiger charge is -2.31. The van der Waals surface area contributed by atoms with Gasteiger partial charge in [0.2, 0.25) is 5.91 Å². The van der Waals surface area contributed by atoms with E-state index < -0.39 is 0 Å². The highest BCUT2D eigenvalue weighted by atomic mass is 16.2. The molecule has 0 radical (unpaired) electrons. The number of amides is 3. The highest BCUT2D eigenvalue weighted by molar-refractivity contribution is 5.90. The van der Waals surface area contributed by atoms with Gasteiger partial charge in [-0.25, -0.2) is 4.79 Å². The maximum Gasteiger partial charge on any atom is 0.321 e. The van der Waals surface area contributed by atoms with Gasteiger partial charge in [-0.1, -0.05) is 12.1 Å². The molecule has 1 fully saturated rings. The number of hydrogen-bond acceptors (Lipinski definition) is 3. The molecule has 1 atom stereocenters. The van der Waals surface area contributed by atoms with Gasteiger partial charge in [-0.15, -0.1) is 0 Å². The van der Waals surface area contributed by atoms with Crippen LogP contribution in [0.15, 0.2) is 24.3 Å². The van der Waals surface area contributed by atoms with Crippen LogP contribution < -0.4 is 16.4 Å². The molecule has 0 aromatic heterocycles. The number of carbonyl (C=O) groups is 2. The molecule has 6 nitrogen and oxygen atoms in total. The molecule has 21 heavy (non-hydrogen) atoms. The summed E-state index contributed by atoms with van der Waals surface area (Å²) in [6.45, 7) is 1.57. The van der Waals surface area contributed by atoms with E-state index in [-0.39, 0.29) is 17.9 Å². The smallest absolute Gasteiger partial charge is 0.321 e. The van der Waals surface area contributed by atoms with Crippen LogP contribution in [0.3, 0.4) is 0 Å². The number of piperidine rings is 1. The largest absolute Gasteiger partial charge is 0.359 e. The van der Waals surface area contributed by atoms with E-state index in [0.29, 0.717) is 19.6 Å². The first-order valence-electron chi connectivity index (χ1n) is 7.20. The first-order valence-corrected chi connectivity index (χ1v) is 7.20. The van der Waals surface area contributed by atoms with Crippen LogP contribution in [0.2, 0.25) is 0 Å². The molecule has 0 bridgehead atoms. The van der Waals surface area contributed by atoms with Gasteiger partial charge in [0, 0.05) is 32.4 Å². The van der Waals surface area contributed by atoms with Crippen LogP contribution in [-0.4, -0.2) is 37.0 Å². The summed E-state index contributed by atoms with van der Waals surface area (Å²) in [5.74, 6) is -0.123. The molecule has 1 heterocycles. The van der Waals surface area contributed by atoms with Crippen LogP contribution in [0.1, 0.15) is 18.4 Å². The molecule has 1 saturated heterocycles. The van der Waals surface area contributed by atoms with Crippen molar-refractivity contribution in [1.82, 2.24) is 10.2 Å². The maximum atomic E-state index is 12.3. The molecule has 6 heteroatoms. The first-order chi connectivity index (χ1) is 10.1. The quantitative estimate of drug-likeness (QED) is 0.780. The molecule has 1 aliphatic rings. The predicted octanol–water partition coefficient (Wildman–Crippen LogP) is 1.14. The number of nitrogens with two attached hydrogens (primary N) is 1. The van der Waals surface area contributed by atoms with E-state index in [9.17, 15) is 9.59 Å². The Morgan fingerprint density at radius 1 is 1.43 bits per heavy atom. The molecule has 3 amide bonds. The fourth-order valence-corrected chi connectivity index (χ4v) is 2.56. The summed E-state index contributed by atoms with van der Waals surface area (Å²) in [4.78, 5) is 25.7. The van der Waals surface area contributed by atoms with Crippen molar-refractivity contribution in [3.05, 3.63) is 29.8 Å². The zero-order valence-electron chi connectivity index (χ0n) is 12.3. The number of likely N-dealkylation sites (tertiary alicyclic amines) is 1. The number of rotatable bonds is 3. The van der Waals surface area contributed by atoms with E-state index in [0.717, 1.165) is 24.1 Å². The van der Waals surface area contributed by atoms with E-state index in [4.69, 9.17) is 5.73 Å². The van der Waals surface area contributed by atoms with Gasteiger partial charge in [0.25, 0.3) is 0 Å². The number of nitrogens with zero attached hydrogens (tertiary/aromatic N) is 1. The van der Waals surface area contributed by atoms with Crippen molar-refractivity contribution < 1.29 is 9.59 Å². The second-order valence-electron chi connectivity index (χ2n) is 5.23. The topological polar surface area (TPSA) is 87.5 Å². The van der Waals surface area contributed by atoms with Crippen molar-refractivity contribution in [3.8, 4) is 0 Å². The molecule has 2 rings (SSSR count). The highest BCUT2D eigenvalue weighted by Gasteiger charge is 2.27. The van der Waals surface area contributed by atoms with Gasteiger partial charge in [0.15, 0.2) is 0 Å². The summed E-state index contributed by atoms with van der Waals surface area (Å²) < 4.78 is 0. The molecule has 4 N–H and O–H groups in total. The van der Waals surface area contributed by atoms with Crippen LogP contribution in [0.5, 0.6) is 0 Å². The molecular weight excluding hydrogens is 268 g/mol. The van der Waals surface area contributed by atoms with Gasteiger partial charge in [-0.3, -0.25) is 4.79 Å². The molecule has 0 aliphatic carbocycles. The second-order valence-corrected chi connectivity index (χ2v) is 5.23. The van der Waals surface area contributed by atoms with E-state index >= 15 is 0 Å². The van der Waals surface area contributed by atoms with Crippen molar-refractivity contribution in [2.24, 2.45) is 11.7 Å². The fourth-order valence-electron chi connectivity index (χ4n) is 2.56. The standard InChI is InChI=1S/C15H22N4O2/c1-17-14(20)12-5-3-7-19(10-12)15(21)18-13-6-2-4-11(8-13)9-16/h2,4,6,8,12H,3,5,7,9-10,16H2,1H3,(H,17,20)(H,18,21). The minimum Gasteiger partial charge on any atom is -0.359 e. The van der Waals surface area contributed by atoms with Gasteiger partial charge in [-0.2, -0.15) is 0 Å². The number of hydrogen-bond donors (Lipinski definition) is 3. The predicted molar refractivity (Wildman–Crippen MR) is 81.7 cm³/mol. The van der Waals surface area contributed by atoms with Crippen LogP contribution in [0.4, 0.5) is 10.5 Å². The van der Waals surface area contributed by atoms with Gasteiger partial charge in [-0.05, 0) is 30.5 Å². The number of carbonyl (C=O) groups excluding carboxylic acids is 2. The van der Waals surface area contributed by atoms with E-state index in [1.807, 2.05) is 24.3 Å². The van der Waals surface area contributed by atoms with Crippen LogP contribution in [-0.2, 0) is 11.3 Å². The average molecular weight is 290 g/mol. The van der Waals surface area contributed by atoms with Crippen molar-refractivity contribution in [2.45, 2.75) is 19.4 Å². The Bertz CT molecular complexity index is 518. The molecule has 1 aromatic carbocycles. The summed E-state index contributed by atoms with van der Waals surface area (Å²) in [5.41, 5.74) is 7.29. The lowest BCUT2D eigenvalue weighted by atomic mass is 9.97. The summed E-state index contributed by atoms with van der Waals surface area (Å²) in [6.07, 6.45) is 1.67. The number of benzene rings is 1. The maximum absolute atomic E-state index is 12.3. The molecule has 0 saturated carbocycles. The van der Waals surface area contributed by atoms with E-state index in [2.05, 4.69) is 10.6 Å². The van der Waals surface area contributed by atoms with E-state index in [1.54, 1.807) is 11.9 Å². The fraction of sp³-hybridized carbons (Fsp3) is 0.467. The van der Waals surface area contributed by atoms with Gasteiger partial charge < -0.3 is 21.3 Å². The Morgan fingerprint density at radius 3 is 2.95 bits per heavy atom.